The van der Waals surface area contributed by atoms with Gasteiger partial charge in [0.1, 0.15) is 0 Å². The van der Waals surface area contributed by atoms with Gasteiger partial charge in [0, 0.05) is 5.02 Å². The van der Waals surface area contributed by atoms with Gasteiger partial charge in [-0.15, -0.1) is 0 Å². The van der Waals surface area contributed by atoms with Crippen LogP contribution in [0.2, 0.25) is 5.02 Å². The van der Waals surface area contributed by atoms with Crippen molar-refractivity contribution in [3.8, 4) is 0 Å². The number of halogens is 2. The Bertz CT molecular complexity index is 386. The second kappa shape index (κ2) is 6.50. The van der Waals surface area contributed by atoms with Crippen molar-refractivity contribution in [1.29, 1.82) is 0 Å². The minimum absolute atomic E-state index is 0.130. The van der Waals surface area contributed by atoms with E-state index in [2.05, 4.69) is 0 Å². The van der Waals surface area contributed by atoms with Crippen molar-refractivity contribution < 1.29 is 18.0 Å². The maximum Gasteiger partial charge on any atom is 0.369 e. The Morgan fingerprint density at radius 3 is 2.12 bits per heavy atom. The van der Waals surface area contributed by atoms with Crippen LogP contribution in [0.25, 0.3) is 0 Å². The summed E-state index contributed by atoms with van der Waals surface area (Å²) < 4.78 is 36.2. The zero-order valence-electron chi connectivity index (χ0n) is 9.73. The average Bonchev–Trinajstić information content (AvgIpc) is 2.30. The van der Waals surface area contributed by atoms with Crippen molar-refractivity contribution in [2.45, 2.75) is 19.8 Å². The van der Waals surface area contributed by atoms with E-state index < -0.39 is 13.5 Å². The molecule has 6 heteroatoms. The highest BCUT2D eigenvalue weighted by atomic mass is 35.5. The van der Waals surface area contributed by atoms with Gasteiger partial charge in [0.05, 0.1) is 13.2 Å². The first kappa shape index (κ1) is 14.7. The Balaban J connectivity index is 2.95. The summed E-state index contributed by atoms with van der Waals surface area (Å²) in [5.41, 5.74) is 0.236. The normalized spacial score (nSPS) is 13.6. The summed E-state index contributed by atoms with van der Waals surface area (Å²) in [5.74, 6) is -1.79. The molecule has 1 aromatic carbocycles. The van der Waals surface area contributed by atoms with Gasteiger partial charge in [0.2, 0.25) is 5.91 Å². The molecule has 1 aromatic rings. The lowest BCUT2D eigenvalue weighted by Crippen LogP contribution is -2.02. The zero-order valence-corrected chi connectivity index (χ0v) is 11.4. The van der Waals surface area contributed by atoms with Gasteiger partial charge in [-0.3, -0.25) is 4.57 Å². The van der Waals surface area contributed by atoms with Gasteiger partial charge >= 0.3 is 7.60 Å². The van der Waals surface area contributed by atoms with Gasteiger partial charge in [0.25, 0.3) is 0 Å². The second-order valence-electron chi connectivity index (χ2n) is 3.26. The minimum atomic E-state index is -3.76. The van der Waals surface area contributed by atoms with E-state index in [4.69, 9.17) is 20.6 Å². The summed E-state index contributed by atoms with van der Waals surface area (Å²) in [5, 5.41) is 0.489. The van der Waals surface area contributed by atoms with Gasteiger partial charge in [-0.25, -0.2) is 4.39 Å². The quantitative estimate of drug-likeness (QED) is 0.716. The average molecular weight is 281 g/mol. The topological polar surface area (TPSA) is 35.5 Å². The number of benzene rings is 1. The van der Waals surface area contributed by atoms with E-state index in [1.165, 1.54) is 24.3 Å². The van der Waals surface area contributed by atoms with E-state index in [0.29, 0.717) is 5.02 Å². The number of rotatable bonds is 6. The summed E-state index contributed by atoms with van der Waals surface area (Å²) in [6, 6.07) is 6.01. The lowest BCUT2D eigenvalue weighted by atomic mass is 10.2. The van der Waals surface area contributed by atoms with Crippen molar-refractivity contribution in [2.24, 2.45) is 0 Å². The molecule has 1 rings (SSSR count). The smallest absolute Gasteiger partial charge is 0.307 e. The van der Waals surface area contributed by atoms with E-state index in [1.54, 1.807) is 13.8 Å². The van der Waals surface area contributed by atoms with Crippen molar-refractivity contribution in [2.75, 3.05) is 13.2 Å². The molecule has 0 aliphatic rings. The van der Waals surface area contributed by atoms with Crippen LogP contribution in [0.15, 0.2) is 24.3 Å². The van der Waals surface area contributed by atoms with Crippen molar-refractivity contribution in [1.82, 2.24) is 0 Å². The minimum Gasteiger partial charge on any atom is -0.307 e. The third kappa shape index (κ3) is 3.78. The van der Waals surface area contributed by atoms with Gasteiger partial charge < -0.3 is 9.05 Å². The molecule has 0 aliphatic heterocycles. The van der Waals surface area contributed by atoms with Gasteiger partial charge in [-0.2, -0.15) is 0 Å². The molecular formula is C11H15ClFO3P. The van der Waals surface area contributed by atoms with Crippen LogP contribution in [0.3, 0.4) is 0 Å². The SMILES string of the molecule is CCOP(=O)(OCC)C(F)c1ccc(Cl)cc1. The molecule has 1 unspecified atom stereocenters. The fourth-order valence-electron chi connectivity index (χ4n) is 1.33. The second-order valence-corrected chi connectivity index (χ2v) is 5.75. The number of alkyl halides is 1. The Hall–Kier alpha value is -0.410. The molecular weight excluding hydrogens is 266 g/mol. The standard InChI is InChI=1S/C11H15ClFO3P/c1-3-15-17(14,16-4-2)11(13)9-5-7-10(12)8-6-9/h5-8,11H,3-4H2,1-2H3. The summed E-state index contributed by atoms with van der Waals surface area (Å²) >= 11 is 5.70. The summed E-state index contributed by atoms with van der Waals surface area (Å²) in [4.78, 5) is 0. The van der Waals surface area contributed by atoms with E-state index in [9.17, 15) is 8.96 Å². The molecule has 0 bridgehead atoms. The van der Waals surface area contributed by atoms with Crippen LogP contribution in [-0.4, -0.2) is 13.2 Å². The van der Waals surface area contributed by atoms with Crippen LogP contribution in [0.4, 0.5) is 4.39 Å². The summed E-state index contributed by atoms with van der Waals surface area (Å²) in [7, 11) is -3.76. The first-order valence-corrected chi connectivity index (χ1v) is 7.30. The molecule has 0 spiro atoms. The van der Waals surface area contributed by atoms with Gasteiger partial charge in [-0.05, 0) is 31.5 Å². The lowest BCUT2D eigenvalue weighted by Gasteiger charge is -2.20. The Labute approximate surface area is 105 Å². The molecule has 0 radical (unpaired) electrons. The van der Waals surface area contributed by atoms with Crippen molar-refractivity contribution in [3.63, 3.8) is 0 Å². The van der Waals surface area contributed by atoms with Crippen LogP contribution in [-0.2, 0) is 13.6 Å². The Morgan fingerprint density at radius 1 is 1.24 bits per heavy atom. The molecule has 0 aromatic heterocycles. The highest BCUT2D eigenvalue weighted by Gasteiger charge is 2.37. The summed E-state index contributed by atoms with van der Waals surface area (Å²) in [6.07, 6.45) is 0. The largest absolute Gasteiger partial charge is 0.369 e. The molecule has 0 heterocycles. The predicted molar refractivity (Wildman–Crippen MR) is 66.2 cm³/mol. The van der Waals surface area contributed by atoms with Crippen LogP contribution in [0.1, 0.15) is 25.3 Å². The Kier molecular flexibility index (Phi) is 5.60. The Morgan fingerprint density at radius 2 is 1.71 bits per heavy atom. The molecule has 3 nitrogen and oxygen atoms in total. The van der Waals surface area contributed by atoms with E-state index in [-0.39, 0.29) is 18.8 Å². The number of hydrogen-bond donors (Lipinski definition) is 0. The van der Waals surface area contributed by atoms with Gasteiger partial charge in [0.15, 0.2) is 0 Å². The molecule has 1 atom stereocenters. The van der Waals surface area contributed by atoms with Crippen molar-refractivity contribution >= 4 is 19.2 Å². The molecule has 0 amide bonds. The third-order valence-electron chi connectivity index (χ3n) is 2.04. The molecule has 0 aliphatic carbocycles. The molecule has 0 N–H and O–H groups in total. The maximum absolute atomic E-state index is 14.1. The van der Waals surface area contributed by atoms with E-state index >= 15 is 0 Å². The molecule has 17 heavy (non-hydrogen) atoms. The predicted octanol–water partition coefficient (Wildman–Crippen LogP) is 4.57. The molecule has 96 valence electrons. The first-order valence-electron chi connectivity index (χ1n) is 5.31. The monoisotopic (exact) mass is 280 g/mol. The third-order valence-corrected chi connectivity index (χ3v) is 4.38. The zero-order chi connectivity index (χ0) is 12.9. The summed E-state index contributed by atoms with van der Waals surface area (Å²) in [6.45, 7) is 3.54. The first-order chi connectivity index (χ1) is 8.03. The van der Waals surface area contributed by atoms with Crippen LogP contribution in [0, 0.1) is 0 Å². The number of hydrogen-bond acceptors (Lipinski definition) is 3. The van der Waals surface area contributed by atoms with Crippen LogP contribution in [0.5, 0.6) is 0 Å². The van der Waals surface area contributed by atoms with E-state index in [1.807, 2.05) is 0 Å². The lowest BCUT2D eigenvalue weighted by molar-refractivity contribution is 0.190. The van der Waals surface area contributed by atoms with Crippen LogP contribution < -0.4 is 0 Å². The molecule has 0 saturated heterocycles. The maximum atomic E-state index is 14.1. The fraction of sp³-hybridized carbons (Fsp3) is 0.455. The highest BCUT2D eigenvalue weighted by molar-refractivity contribution is 7.54. The van der Waals surface area contributed by atoms with E-state index in [0.717, 1.165) is 0 Å². The fourth-order valence-corrected chi connectivity index (χ4v) is 3.05. The van der Waals surface area contributed by atoms with Crippen LogP contribution >= 0.6 is 19.2 Å². The molecule has 0 saturated carbocycles. The van der Waals surface area contributed by atoms with Crippen molar-refractivity contribution in [3.05, 3.63) is 34.9 Å². The highest BCUT2D eigenvalue weighted by Crippen LogP contribution is 2.61. The van der Waals surface area contributed by atoms with Gasteiger partial charge in [-0.1, -0.05) is 23.7 Å². The molecule has 0 fully saturated rings.